The lowest BCUT2D eigenvalue weighted by Gasteiger charge is -2.11. The van der Waals surface area contributed by atoms with E-state index >= 15 is 0 Å². The maximum absolute atomic E-state index is 12.1. The van der Waals surface area contributed by atoms with Crippen molar-refractivity contribution in [3.8, 4) is 11.4 Å². The fourth-order valence-electron chi connectivity index (χ4n) is 2.31. The van der Waals surface area contributed by atoms with Gasteiger partial charge in [0.15, 0.2) is 11.0 Å². The molecule has 1 N–H and O–H groups in total. The van der Waals surface area contributed by atoms with Gasteiger partial charge in [-0.3, -0.25) is 4.79 Å². The number of furan rings is 1. The molecule has 0 aromatic carbocycles. The lowest BCUT2D eigenvalue weighted by atomic mass is 10.2. The summed E-state index contributed by atoms with van der Waals surface area (Å²) in [6.45, 7) is 3.87. The number of thioether (sulfide) groups is 1. The van der Waals surface area contributed by atoms with Crippen LogP contribution in [0.3, 0.4) is 0 Å². The van der Waals surface area contributed by atoms with Crippen molar-refractivity contribution in [2.75, 3.05) is 5.75 Å². The van der Waals surface area contributed by atoms with Crippen LogP contribution in [-0.4, -0.2) is 26.4 Å². The van der Waals surface area contributed by atoms with Crippen molar-refractivity contribution in [3.63, 3.8) is 0 Å². The zero-order valence-corrected chi connectivity index (χ0v) is 15.3. The SMILES string of the molecule is Cc1occc1-c1nnc(SCC(=O)NC(C)c2cccs2)n1C. The molecule has 3 heterocycles. The molecule has 8 heteroatoms. The lowest BCUT2D eigenvalue weighted by Crippen LogP contribution is -2.27. The number of carbonyl (C=O) groups is 1. The summed E-state index contributed by atoms with van der Waals surface area (Å²) in [6.07, 6.45) is 1.63. The van der Waals surface area contributed by atoms with Gasteiger partial charge in [0, 0.05) is 11.9 Å². The average Bonchev–Trinajstić information content (AvgIpc) is 3.27. The Hall–Kier alpha value is -2.06. The van der Waals surface area contributed by atoms with Crippen LogP contribution in [0, 0.1) is 6.92 Å². The van der Waals surface area contributed by atoms with Crippen LogP contribution in [0.25, 0.3) is 11.4 Å². The molecule has 3 rings (SSSR count). The number of aryl methyl sites for hydroxylation is 1. The van der Waals surface area contributed by atoms with Crippen LogP contribution in [0.15, 0.2) is 39.4 Å². The van der Waals surface area contributed by atoms with Crippen molar-refractivity contribution in [1.82, 2.24) is 20.1 Å². The molecule has 0 saturated heterocycles. The fourth-order valence-corrected chi connectivity index (χ4v) is 3.77. The van der Waals surface area contributed by atoms with Crippen LogP contribution in [0.1, 0.15) is 23.6 Å². The van der Waals surface area contributed by atoms with Crippen LogP contribution in [0.2, 0.25) is 0 Å². The normalized spacial score (nSPS) is 12.3. The molecule has 0 saturated carbocycles. The van der Waals surface area contributed by atoms with E-state index in [-0.39, 0.29) is 11.9 Å². The molecule has 0 aliphatic heterocycles. The Morgan fingerprint density at radius 3 is 2.96 bits per heavy atom. The van der Waals surface area contributed by atoms with Crippen LogP contribution in [0.5, 0.6) is 0 Å². The highest BCUT2D eigenvalue weighted by molar-refractivity contribution is 7.99. The van der Waals surface area contributed by atoms with Crippen LogP contribution >= 0.6 is 23.1 Å². The number of thiophene rings is 1. The van der Waals surface area contributed by atoms with Gasteiger partial charge in [0.2, 0.25) is 5.91 Å². The Morgan fingerprint density at radius 1 is 1.46 bits per heavy atom. The number of hydrogen-bond acceptors (Lipinski definition) is 6. The van der Waals surface area contributed by atoms with E-state index in [2.05, 4.69) is 15.5 Å². The van der Waals surface area contributed by atoms with Crippen LogP contribution in [0.4, 0.5) is 0 Å². The predicted octanol–water partition coefficient (Wildman–Crippen LogP) is 3.41. The summed E-state index contributed by atoms with van der Waals surface area (Å²) in [4.78, 5) is 13.3. The topological polar surface area (TPSA) is 72.9 Å². The minimum Gasteiger partial charge on any atom is -0.469 e. The van der Waals surface area contributed by atoms with Gasteiger partial charge in [-0.1, -0.05) is 17.8 Å². The molecule has 126 valence electrons. The highest BCUT2D eigenvalue weighted by Crippen LogP contribution is 2.26. The Labute approximate surface area is 148 Å². The number of rotatable bonds is 6. The summed E-state index contributed by atoms with van der Waals surface area (Å²) in [5.74, 6) is 1.80. The Balaban J connectivity index is 1.60. The van der Waals surface area contributed by atoms with Gasteiger partial charge in [0.25, 0.3) is 0 Å². The Kier molecular flexibility index (Phi) is 5.06. The Bertz CT molecular complexity index is 823. The van der Waals surface area contributed by atoms with E-state index in [0.717, 1.165) is 22.0 Å². The second-order valence-corrected chi connectivity index (χ2v) is 7.27. The fraction of sp³-hybridized carbons (Fsp3) is 0.312. The first-order valence-electron chi connectivity index (χ1n) is 7.45. The lowest BCUT2D eigenvalue weighted by molar-refractivity contribution is -0.119. The van der Waals surface area contributed by atoms with Gasteiger partial charge in [0.05, 0.1) is 23.6 Å². The molecule has 6 nitrogen and oxygen atoms in total. The number of hydrogen-bond donors (Lipinski definition) is 1. The van der Waals surface area contributed by atoms with Gasteiger partial charge in [0.1, 0.15) is 5.76 Å². The molecule has 0 aliphatic carbocycles. The van der Waals surface area contributed by atoms with E-state index in [9.17, 15) is 4.79 Å². The second-order valence-electron chi connectivity index (χ2n) is 5.35. The first-order valence-corrected chi connectivity index (χ1v) is 9.32. The second kappa shape index (κ2) is 7.23. The summed E-state index contributed by atoms with van der Waals surface area (Å²) in [6, 6.07) is 5.88. The molecule has 0 fully saturated rings. The van der Waals surface area contributed by atoms with Crippen LogP contribution < -0.4 is 5.32 Å². The molecule has 0 aliphatic rings. The quantitative estimate of drug-likeness (QED) is 0.680. The summed E-state index contributed by atoms with van der Waals surface area (Å²) >= 11 is 3.00. The van der Waals surface area contributed by atoms with Gasteiger partial charge in [-0.25, -0.2) is 0 Å². The zero-order chi connectivity index (χ0) is 17.1. The van der Waals surface area contributed by atoms with E-state index < -0.39 is 0 Å². The first kappa shape index (κ1) is 16.8. The van der Waals surface area contributed by atoms with Crippen molar-refractivity contribution in [2.24, 2.45) is 7.05 Å². The number of carbonyl (C=O) groups excluding carboxylic acids is 1. The average molecular weight is 362 g/mol. The molecule has 0 bridgehead atoms. The smallest absolute Gasteiger partial charge is 0.230 e. The summed E-state index contributed by atoms with van der Waals surface area (Å²) < 4.78 is 7.18. The third-order valence-electron chi connectivity index (χ3n) is 3.61. The molecule has 3 aromatic heterocycles. The molecule has 3 aromatic rings. The maximum atomic E-state index is 12.1. The number of aromatic nitrogens is 3. The third kappa shape index (κ3) is 3.54. The standard InChI is InChI=1S/C16H18N4O2S2/c1-10(13-5-4-8-23-13)17-14(21)9-24-16-19-18-15(20(16)3)12-6-7-22-11(12)2/h4-8,10H,9H2,1-3H3,(H,17,21). The van der Waals surface area contributed by atoms with Gasteiger partial charge in [-0.2, -0.15) is 0 Å². The highest BCUT2D eigenvalue weighted by atomic mass is 32.2. The molecule has 1 atom stereocenters. The minimum absolute atomic E-state index is 0.0155. The predicted molar refractivity (Wildman–Crippen MR) is 95.0 cm³/mol. The van der Waals surface area contributed by atoms with E-state index in [1.165, 1.54) is 11.8 Å². The molecule has 0 spiro atoms. The molecular weight excluding hydrogens is 344 g/mol. The van der Waals surface area contributed by atoms with Gasteiger partial charge in [-0.15, -0.1) is 21.5 Å². The van der Waals surface area contributed by atoms with E-state index in [1.54, 1.807) is 17.6 Å². The van der Waals surface area contributed by atoms with E-state index in [1.807, 2.05) is 49.0 Å². The largest absolute Gasteiger partial charge is 0.469 e. The molecule has 0 radical (unpaired) electrons. The maximum Gasteiger partial charge on any atom is 0.230 e. The molecule has 1 unspecified atom stereocenters. The van der Waals surface area contributed by atoms with Gasteiger partial charge in [-0.05, 0) is 31.4 Å². The zero-order valence-electron chi connectivity index (χ0n) is 13.6. The van der Waals surface area contributed by atoms with Crippen LogP contribution in [-0.2, 0) is 11.8 Å². The third-order valence-corrected chi connectivity index (χ3v) is 5.69. The van der Waals surface area contributed by atoms with Crippen molar-refractivity contribution in [3.05, 3.63) is 40.5 Å². The molecule has 1 amide bonds. The first-order chi connectivity index (χ1) is 11.6. The van der Waals surface area contributed by atoms with Gasteiger partial charge >= 0.3 is 0 Å². The number of nitrogens with one attached hydrogen (secondary N) is 1. The number of nitrogens with zero attached hydrogens (tertiary/aromatic N) is 3. The van der Waals surface area contributed by atoms with Crippen molar-refractivity contribution >= 4 is 29.0 Å². The van der Waals surface area contributed by atoms with Crippen molar-refractivity contribution in [2.45, 2.75) is 25.0 Å². The summed E-state index contributed by atoms with van der Waals surface area (Å²) in [5, 5.41) is 14.1. The molecular formula is C16H18N4O2S2. The van der Waals surface area contributed by atoms with E-state index in [4.69, 9.17) is 4.42 Å². The molecule has 24 heavy (non-hydrogen) atoms. The minimum atomic E-state index is -0.0232. The summed E-state index contributed by atoms with van der Waals surface area (Å²) in [7, 11) is 1.89. The summed E-state index contributed by atoms with van der Waals surface area (Å²) in [5.41, 5.74) is 0.910. The monoisotopic (exact) mass is 362 g/mol. The van der Waals surface area contributed by atoms with Gasteiger partial charge < -0.3 is 14.3 Å². The Morgan fingerprint density at radius 2 is 2.29 bits per heavy atom. The van der Waals surface area contributed by atoms with E-state index in [0.29, 0.717) is 10.9 Å². The number of amides is 1. The highest BCUT2D eigenvalue weighted by Gasteiger charge is 2.16. The van der Waals surface area contributed by atoms with Crippen molar-refractivity contribution < 1.29 is 9.21 Å². The van der Waals surface area contributed by atoms with Crippen molar-refractivity contribution in [1.29, 1.82) is 0 Å².